The fraction of sp³-hybridized carbons (Fsp3) is 0.381. The van der Waals surface area contributed by atoms with E-state index < -0.39 is 0 Å². The van der Waals surface area contributed by atoms with Gasteiger partial charge in [0.25, 0.3) is 5.91 Å². The molecule has 2 aromatic rings. The zero-order valence-electron chi connectivity index (χ0n) is 17.3. The molecular formula is C21H27ClIN5O3. The number of furan rings is 1. The van der Waals surface area contributed by atoms with E-state index in [0.29, 0.717) is 56.3 Å². The zero-order chi connectivity index (χ0) is 21.3. The van der Waals surface area contributed by atoms with Crippen LogP contribution in [-0.4, -0.2) is 67.3 Å². The topological polar surface area (TPSA) is 90.2 Å². The Morgan fingerprint density at radius 1 is 1.10 bits per heavy atom. The molecule has 2 heterocycles. The summed E-state index contributed by atoms with van der Waals surface area (Å²) in [7, 11) is 1.73. The van der Waals surface area contributed by atoms with Gasteiger partial charge in [0.2, 0.25) is 5.91 Å². The van der Waals surface area contributed by atoms with Gasteiger partial charge in [-0.3, -0.25) is 14.6 Å². The van der Waals surface area contributed by atoms with Crippen LogP contribution in [0.3, 0.4) is 0 Å². The van der Waals surface area contributed by atoms with Crippen LogP contribution in [0.25, 0.3) is 0 Å². The van der Waals surface area contributed by atoms with Gasteiger partial charge in [0.05, 0.1) is 6.26 Å². The summed E-state index contributed by atoms with van der Waals surface area (Å²) in [5.74, 6) is 1.01. The van der Waals surface area contributed by atoms with Crippen molar-refractivity contribution < 1.29 is 14.0 Å². The summed E-state index contributed by atoms with van der Waals surface area (Å²) in [6, 6.07) is 10.4. The summed E-state index contributed by atoms with van der Waals surface area (Å²) in [5, 5.41) is 6.78. The van der Waals surface area contributed by atoms with Crippen molar-refractivity contribution in [1.82, 2.24) is 15.1 Å². The van der Waals surface area contributed by atoms with E-state index in [1.807, 2.05) is 0 Å². The van der Waals surface area contributed by atoms with Crippen molar-refractivity contribution in [3.8, 4) is 0 Å². The Morgan fingerprint density at radius 2 is 1.77 bits per heavy atom. The molecule has 1 saturated heterocycles. The number of piperazine rings is 1. The fourth-order valence-corrected chi connectivity index (χ4v) is 3.34. The number of nitrogens with zero attached hydrogens (tertiary/aromatic N) is 3. The van der Waals surface area contributed by atoms with Crippen LogP contribution in [0.2, 0.25) is 5.02 Å². The molecule has 1 aliphatic rings. The molecule has 1 fully saturated rings. The van der Waals surface area contributed by atoms with Crippen LogP contribution >= 0.6 is 35.6 Å². The molecular weight excluding hydrogens is 533 g/mol. The van der Waals surface area contributed by atoms with Crippen molar-refractivity contribution in [2.45, 2.75) is 12.8 Å². The molecule has 1 aromatic heterocycles. The Labute approximate surface area is 204 Å². The number of carbonyl (C=O) groups excluding carboxylic acids is 2. The van der Waals surface area contributed by atoms with Gasteiger partial charge in [-0.15, -0.1) is 24.0 Å². The summed E-state index contributed by atoms with van der Waals surface area (Å²) in [4.78, 5) is 32.6. The summed E-state index contributed by atoms with van der Waals surface area (Å²) >= 11 is 5.85. The molecule has 0 unspecified atom stereocenters. The maximum absolute atomic E-state index is 12.4. The molecule has 0 radical (unpaired) electrons. The van der Waals surface area contributed by atoms with Crippen LogP contribution < -0.4 is 10.6 Å². The Bertz CT molecular complexity index is 866. The Balaban J connectivity index is 0.00000341. The molecule has 0 saturated carbocycles. The van der Waals surface area contributed by atoms with Gasteiger partial charge in [0.15, 0.2) is 11.7 Å². The van der Waals surface area contributed by atoms with Crippen LogP contribution in [0.5, 0.6) is 0 Å². The number of hydrogen-bond donors (Lipinski definition) is 2. The normalized spacial score (nSPS) is 14.1. The second kappa shape index (κ2) is 12.6. The molecule has 3 rings (SSSR count). The molecule has 0 atom stereocenters. The number of halogens is 2. The minimum absolute atomic E-state index is 0. The molecule has 0 aliphatic carbocycles. The van der Waals surface area contributed by atoms with Crippen LogP contribution in [-0.2, 0) is 4.79 Å². The summed E-state index contributed by atoms with van der Waals surface area (Å²) in [6.07, 6.45) is 2.58. The number of aliphatic imine (C=N–C) groups is 1. The average Bonchev–Trinajstić information content (AvgIpc) is 3.30. The van der Waals surface area contributed by atoms with Crippen LogP contribution in [0, 0.1) is 0 Å². The van der Waals surface area contributed by atoms with Crippen molar-refractivity contribution in [3.63, 3.8) is 0 Å². The first kappa shape index (κ1) is 25.0. The maximum Gasteiger partial charge on any atom is 0.289 e. The highest BCUT2D eigenvalue weighted by molar-refractivity contribution is 14.0. The average molecular weight is 560 g/mol. The highest BCUT2D eigenvalue weighted by Gasteiger charge is 2.25. The van der Waals surface area contributed by atoms with E-state index in [-0.39, 0.29) is 35.8 Å². The van der Waals surface area contributed by atoms with Gasteiger partial charge in [0.1, 0.15) is 0 Å². The maximum atomic E-state index is 12.4. The fourth-order valence-electron chi connectivity index (χ4n) is 3.22. The minimum atomic E-state index is -0.0886. The van der Waals surface area contributed by atoms with Crippen molar-refractivity contribution in [2.24, 2.45) is 4.99 Å². The molecule has 0 spiro atoms. The van der Waals surface area contributed by atoms with Gasteiger partial charge >= 0.3 is 0 Å². The third kappa shape index (κ3) is 7.42. The first-order chi connectivity index (χ1) is 14.6. The summed E-state index contributed by atoms with van der Waals surface area (Å²) in [6.45, 7) is 3.20. The largest absolute Gasteiger partial charge is 0.459 e. The van der Waals surface area contributed by atoms with Gasteiger partial charge in [-0.2, -0.15) is 0 Å². The van der Waals surface area contributed by atoms with Gasteiger partial charge in [0, 0.05) is 56.9 Å². The number of guanidine groups is 1. The number of hydrogen-bond acceptors (Lipinski definition) is 4. The quantitative estimate of drug-likeness (QED) is 0.245. The molecule has 168 valence electrons. The van der Waals surface area contributed by atoms with Crippen LogP contribution in [0.1, 0.15) is 23.4 Å². The van der Waals surface area contributed by atoms with Crippen LogP contribution in [0.4, 0.5) is 5.69 Å². The van der Waals surface area contributed by atoms with E-state index in [1.54, 1.807) is 48.3 Å². The second-order valence-electron chi connectivity index (χ2n) is 6.89. The number of anilines is 1. The SMILES string of the molecule is CN=C(NCCCC(=O)Nc1ccc(Cl)cc1)N1CCN(C(=O)c2ccco2)CC1.I. The number of benzene rings is 1. The summed E-state index contributed by atoms with van der Waals surface area (Å²) in [5.41, 5.74) is 0.732. The Morgan fingerprint density at radius 3 is 2.39 bits per heavy atom. The van der Waals surface area contributed by atoms with Gasteiger partial charge in [-0.05, 0) is 42.8 Å². The second-order valence-corrected chi connectivity index (χ2v) is 7.33. The molecule has 31 heavy (non-hydrogen) atoms. The predicted octanol–water partition coefficient (Wildman–Crippen LogP) is 3.30. The molecule has 2 N–H and O–H groups in total. The predicted molar refractivity (Wildman–Crippen MR) is 132 cm³/mol. The molecule has 1 aliphatic heterocycles. The first-order valence-electron chi connectivity index (χ1n) is 9.90. The third-order valence-electron chi connectivity index (χ3n) is 4.80. The van der Waals surface area contributed by atoms with Gasteiger partial charge in [-0.1, -0.05) is 11.6 Å². The smallest absolute Gasteiger partial charge is 0.289 e. The Hall–Kier alpha value is -2.27. The van der Waals surface area contributed by atoms with E-state index in [4.69, 9.17) is 16.0 Å². The monoisotopic (exact) mass is 559 g/mol. The highest BCUT2D eigenvalue weighted by Crippen LogP contribution is 2.14. The highest BCUT2D eigenvalue weighted by atomic mass is 127. The standard InChI is InChI=1S/C21H26ClN5O3.HI/c1-23-21(24-10-2-5-19(28)25-17-8-6-16(22)7-9-17)27-13-11-26(12-14-27)20(29)18-4-3-15-30-18;/h3-4,6-9,15H,2,5,10-14H2,1H3,(H,23,24)(H,25,28);1H. The number of carbonyl (C=O) groups is 2. The number of amides is 2. The molecule has 2 amide bonds. The first-order valence-corrected chi connectivity index (χ1v) is 10.3. The number of nitrogens with one attached hydrogen (secondary N) is 2. The van der Waals surface area contributed by atoms with Gasteiger partial charge < -0.3 is 24.9 Å². The molecule has 8 nitrogen and oxygen atoms in total. The lowest BCUT2D eigenvalue weighted by atomic mass is 10.2. The van der Waals surface area contributed by atoms with Crippen molar-refractivity contribution in [1.29, 1.82) is 0 Å². The zero-order valence-corrected chi connectivity index (χ0v) is 20.4. The van der Waals surface area contributed by atoms with Crippen LogP contribution in [0.15, 0.2) is 52.1 Å². The van der Waals surface area contributed by atoms with Crippen molar-refractivity contribution >= 4 is 59.0 Å². The lowest BCUT2D eigenvalue weighted by Crippen LogP contribution is -2.53. The van der Waals surface area contributed by atoms with Gasteiger partial charge in [-0.25, -0.2) is 0 Å². The van der Waals surface area contributed by atoms with Crippen molar-refractivity contribution in [2.75, 3.05) is 45.1 Å². The van der Waals surface area contributed by atoms with E-state index >= 15 is 0 Å². The van der Waals surface area contributed by atoms with E-state index in [1.165, 1.54) is 6.26 Å². The lowest BCUT2D eigenvalue weighted by molar-refractivity contribution is -0.116. The molecule has 0 bridgehead atoms. The lowest BCUT2D eigenvalue weighted by Gasteiger charge is -2.36. The third-order valence-corrected chi connectivity index (χ3v) is 5.05. The minimum Gasteiger partial charge on any atom is -0.459 e. The molecule has 10 heteroatoms. The van der Waals surface area contributed by atoms with E-state index in [0.717, 1.165) is 11.6 Å². The van der Waals surface area contributed by atoms with Crippen molar-refractivity contribution in [3.05, 3.63) is 53.4 Å². The number of rotatable bonds is 6. The Kier molecular flexibility index (Phi) is 10.1. The molecule has 1 aromatic carbocycles. The van der Waals surface area contributed by atoms with E-state index in [2.05, 4.69) is 20.5 Å². The summed E-state index contributed by atoms with van der Waals surface area (Å²) < 4.78 is 5.19. The van der Waals surface area contributed by atoms with E-state index in [9.17, 15) is 9.59 Å².